The third-order valence-corrected chi connectivity index (χ3v) is 3.60. The lowest BCUT2D eigenvalue weighted by atomic mass is 9.79. The fourth-order valence-electron chi connectivity index (χ4n) is 2.44. The third-order valence-electron chi connectivity index (χ3n) is 3.60. The summed E-state index contributed by atoms with van der Waals surface area (Å²) in [5.74, 6) is 0.830. The van der Waals surface area contributed by atoms with Crippen LogP contribution in [0.15, 0.2) is 30.3 Å². The van der Waals surface area contributed by atoms with Crippen molar-refractivity contribution >= 4 is 0 Å². The molecule has 0 heterocycles. The van der Waals surface area contributed by atoms with Crippen LogP contribution < -0.4 is 5.73 Å². The zero-order valence-corrected chi connectivity index (χ0v) is 9.93. The van der Waals surface area contributed by atoms with Crippen molar-refractivity contribution in [3.05, 3.63) is 35.9 Å². The van der Waals surface area contributed by atoms with Gasteiger partial charge in [-0.3, -0.25) is 0 Å². The fourth-order valence-corrected chi connectivity index (χ4v) is 2.44. The molecule has 2 atom stereocenters. The Balaban J connectivity index is 1.98. The zero-order chi connectivity index (χ0) is 11.4. The lowest BCUT2D eigenvalue weighted by molar-refractivity contribution is 0.0665. The van der Waals surface area contributed by atoms with Gasteiger partial charge in [0.2, 0.25) is 0 Å². The highest BCUT2D eigenvalue weighted by molar-refractivity contribution is 5.19. The minimum atomic E-state index is 0.0433. The second-order valence-electron chi connectivity index (χ2n) is 4.76. The first kappa shape index (κ1) is 11.6. The summed E-state index contributed by atoms with van der Waals surface area (Å²) in [5, 5.41) is 0. The molecule has 0 spiro atoms. The number of rotatable bonds is 5. The molecular weight excluding hydrogens is 198 g/mol. The minimum absolute atomic E-state index is 0.0433. The molecule has 88 valence electrons. The SMILES string of the molecule is COC(c1ccccc1)C(N)CC1CCC1. The smallest absolute Gasteiger partial charge is 0.0971 e. The van der Waals surface area contributed by atoms with Gasteiger partial charge in [0.05, 0.1) is 6.10 Å². The zero-order valence-electron chi connectivity index (χ0n) is 9.93. The Morgan fingerprint density at radius 1 is 1.31 bits per heavy atom. The maximum Gasteiger partial charge on any atom is 0.0971 e. The van der Waals surface area contributed by atoms with Gasteiger partial charge in [0, 0.05) is 13.2 Å². The van der Waals surface area contributed by atoms with Crippen LogP contribution in [0.1, 0.15) is 37.4 Å². The first-order chi connectivity index (χ1) is 7.81. The summed E-state index contributed by atoms with van der Waals surface area (Å²) >= 11 is 0. The van der Waals surface area contributed by atoms with Gasteiger partial charge in [-0.05, 0) is 17.9 Å². The summed E-state index contributed by atoms with van der Waals surface area (Å²) in [6.45, 7) is 0. The van der Waals surface area contributed by atoms with Crippen molar-refractivity contribution in [2.24, 2.45) is 11.7 Å². The van der Waals surface area contributed by atoms with E-state index in [0.29, 0.717) is 0 Å². The topological polar surface area (TPSA) is 35.2 Å². The van der Waals surface area contributed by atoms with E-state index < -0.39 is 0 Å². The van der Waals surface area contributed by atoms with Gasteiger partial charge in [-0.25, -0.2) is 0 Å². The molecule has 2 heteroatoms. The molecule has 1 fully saturated rings. The molecule has 0 radical (unpaired) electrons. The van der Waals surface area contributed by atoms with Crippen molar-refractivity contribution in [1.82, 2.24) is 0 Å². The van der Waals surface area contributed by atoms with E-state index in [1.807, 2.05) is 18.2 Å². The number of hydrogen-bond donors (Lipinski definition) is 1. The van der Waals surface area contributed by atoms with Gasteiger partial charge in [0.15, 0.2) is 0 Å². The molecule has 2 rings (SSSR count). The van der Waals surface area contributed by atoms with E-state index in [0.717, 1.165) is 12.3 Å². The molecule has 2 unspecified atom stereocenters. The Hall–Kier alpha value is -0.860. The second kappa shape index (κ2) is 5.46. The number of methoxy groups -OCH3 is 1. The molecule has 1 saturated carbocycles. The standard InChI is InChI=1S/C14H21NO/c1-16-14(12-8-3-2-4-9-12)13(15)10-11-6-5-7-11/h2-4,8-9,11,13-14H,5-7,10,15H2,1H3. The first-order valence-electron chi connectivity index (χ1n) is 6.14. The van der Waals surface area contributed by atoms with Crippen molar-refractivity contribution in [2.45, 2.75) is 37.8 Å². The summed E-state index contributed by atoms with van der Waals surface area (Å²) in [7, 11) is 1.75. The van der Waals surface area contributed by atoms with Crippen LogP contribution in [0.2, 0.25) is 0 Å². The molecule has 1 aliphatic carbocycles. The van der Waals surface area contributed by atoms with Crippen LogP contribution in [-0.2, 0) is 4.74 Å². The maximum absolute atomic E-state index is 6.25. The van der Waals surface area contributed by atoms with E-state index in [4.69, 9.17) is 10.5 Å². The molecule has 1 aliphatic rings. The van der Waals surface area contributed by atoms with Crippen LogP contribution in [0, 0.1) is 5.92 Å². The van der Waals surface area contributed by atoms with Gasteiger partial charge in [-0.15, -0.1) is 0 Å². The monoisotopic (exact) mass is 219 g/mol. The molecule has 2 N–H and O–H groups in total. The average molecular weight is 219 g/mol. The van der Waals surface area contributed by atoms with Crippen LogP contribution >= 0.6 is 0 Å². The van der Waals surface area contributed by atoms with Crippen molar-refractivity contribution in [2.75, 3.05) is 7.11 Å². The molecule has 16 heavy (non-hydrogen) atoms. The summed E-state index contributed by atoms with van der Waals surface area (Å²) in [6.07, 6.45) is 5.20. The third kappa shape index (κ3) is 2.63. The molecule has 1 aromatic rings. The highest BCUT2D eigenvalue weighted by Crippen LogP contribution is 2.33. The van der Waals surface area contributed by atoms with Crippen LogP contribution in [0.4, 0.5) is 0 Å². The van der Waals surface area contributed by atoms with Gasteiger partial charge in [-0.2, -0.15) is 0 Å². The van der Waals surface area contributed by atoms with E-state index >= 15 is 0 Å². The van der Waals surface area contributed by atoms with Gasteiger partial charge in [0.25, 0.3) is 0 Å². The highest BCUT2D eigenvalue weighted by Gasteiger charge is 2.25. The Bertz CT molecular complexity index is 308. The number of hydrogen-bond acceptors (Lipinski definition) is 2. The Kier molecular flexibility index (Phi) is 3.97. The van der Waals surface area contributed by atoms with Gasteiger partial charge < -0.3 is 10.5 Å². The molecule has 0 bridgehead atoms. The summed E-state index contributed by atoms with van der Waals surface area (Å²) in [4.78, 5) is 0. The quantitative estimate of drug-likeness (QED) is 0.826. The molecule has 1 aromatic carbocycles. The predicted molar refractivity (Wildman–Crippen MR) is 66.1 cm³/mol. The van der Waals surface area contributed by atoms with E-state index in [9.17, 15) is 0 Å². The van der Waals surface area contributed by atoms with Crippen molar-refractivity contribution < 1.29 is 4.74 Å². The van der Waals surface area contributed by atoms with Crippen molar-refractivity contribution in [3.63, 3.8) is 0 Å². The number of nitrogens with two attached hydrogens (primary N) is 1. The Labute approximate surface area is 97.8 Å². The van der Waals surface area contributed by atoms with Crippen LogP contribution in [0.25, 0.3) is 0 Å². The summed E-state index contributed by atoms with van der Waals surface area (Å²) in [6, 6.07) is 10.4. The van der Waals surface area contributed by atoms with Crippen LogP contribution in [0.3, 0.4) is 0 Å². The first-order valence-corrected chi connectivity index (χ1v) is 6.14. The maximum atomic E-state index is 6.25. The summed E-state index contributed by atoms with van der Waals surface area (Å²) in [5.41, 5.74) is 7.44. The lowest BCUT2D eigenvalue weighted by Gasteiger charge is -2.31. The molecule has 0 amide bonds. The molecule has 0 aromatic heterocycles. The average Bonchev–Trinajstić information content (AvgIpc) is 2.26. The van der Waals surface area contributed by atoms with Crippen molar-refractivity contribution in [3.8, 4) is 0 Å². The van der Waals surface area contributed by atoms with Crippen molar-refractivity contribution in [1.29, 1.82) is 0 Å². The van der Waals surface area contributed by atoms with Crippen LogP contribution in [0.5, 0.6) is 0 Å². The minimum Gasteiger partial charge on any atom is -0.375 e. The van der Waals surface area contributed by atoms with E-state index in [2.05, 4.69) is 12.1 Å². The largest absolute Gasteiger partial charge is 0.375 e. The summed E-state index contributed by atoms with van der Waals surface area (Å²) < 4.78 is 5.54. The molecular formula is C14H21NO. The molecule has 0 aliphatic heterocycles. The molecule has 2 nitrogen and oxygen atoms in total. The second-order valence-corrected chi connectivity index (χ2v) is 4.76. The Morgan fingerprint density at radius 2 is 2.00 bits per heavy atom. The van der Waals surface area contributed by atoms with E-state index in [1.165, 1.54) is 24.8 Å². The van der Waals surface area contributed by atoms with Crippen LogP contribution in [-0.4, -0.2) is 13.2 Å². The lowest BCUT2D eigenvalue weighted by Crippen LogP contribution is -2.33. The molecule has 0 saturated heterocycles. The van der Waals surface area contributed by atoms with E-state index in [1.54, 1.807) is 7.11 Å². The number of benzene rings is 1. The highest BCUT2D eigenvalue weighted by atomic mass is 16.5. The predicted octanol–water partition coefficient (Wildman–Crippen LogP) is 2.89. The number of ether oxygens (including phenoxy) is 1. The van der Waals surface area contributed by atoms with Gasteiger partial charge >= 0.3 is 0 Å². The fraction of sp³-hybridized carbons (Fsp3) is 0.571. The van der Waals surface area contributed by atoms with E-state index in [-0.39, 0.29) is 12.1 Å². The van der Waals surface area contributed by atoms with Gasteiger partial charge in [-0.1, -0.05) is 49.6 Å². The normalized spacial score (nSPS) is 20.1. The van der Waals surface area contributed by atoms with Gasteiger partial charge in [0.1, 0.15) is 0 Å². The Morgan fingerprint density at radius 3 is 2.50 bits per heavy atom.